The Bertz CT molecular complexity index is 774. The second-order valence-electron chi connectivity index (χ2n) is 6.82. The van der Waals surface area contributed by atoms with E-state index in [4.69, 9.17) is 9.47 Å². The molecule has 0 bridgehead atoms. The van der Waals surface area contributed by atoms with Crippen LogP contribution in [0.25, 0.3) is 0 Å². The van der Waals surface area contributed by atoms with Crippen LogP contribution in [0.3, 0.4) is 0 Å². The van der Waals surface area contributed by atoms with Crippen LogP contribution in [0.4, 0.5) is 0 Å². The number of ether oxygens (including phenoxy) is 2. The van der Waals surface area contributed by atoms with Gasteiger partial charge in [0, 0.05) is 5.41 Å². The summed E-state index contributed by atoms with van der Waals surface area (Å²) in [6.45, 7) is 19.4. The van der Waals surface area contributed by atoms with Gasteiger partial charge in [0.1, 0.15) is 11.5 Å². The minimum atomic E-state index is -0.189. The number of hydrogen-bond acceptors (Lipinski definition) is 2. The van der Waals surface area contributed by atoms with Crippen molar-refractivity contribution in [2.45, 2.75) is 32.1 Å². The van der Waals surface area contributed by atoms with E-state index >= 15 is 0 Å². The van der Waals surface area contributed by atoms with Gasteiger partial charge in [0.25, 0.3) is 0 Å². The van der Waals surface area contributed by atoms with Crippen molar-refractivity contribution in [1.29, 1.82) is 0 Å². The highest BCUT2D eigenvalue weighted by atomic mass is 16.5. The molecule has 0 aliphatic heterocycles. The van der Waals surface area contributed by atoms with E-state index < -0.39 is 0 Å². The molecule has 140 valence electrons. The van der Waals surface area contributed by atoms with Gasteiger partial charge in [-0.3, -0.25) is 0 Å². The molecule has 2 heteroatoms. The Labute approximate surface area is 163 Å². The third-order valence-electron chi connectivity index (χ3n) is 4.71. The Kier molecular flexibility index (Phi) is 6.84. The highest BCUT2D eigenvalue weighted by molar-refractivity contribution is 5.48. The Morgan fingerprint density at radius 3 is 1.48 bits per heavy atom. The summed E-state index contributed by atoms with van der Waals surface area (Å²) in [5, 5.41) is 0. The second-order valence-corrected chi connectivity index (χ2v) is 6.82. The van der Waals surface area contributed by atoms with Crippen molar-refractivity contribution in [3.05, 3.63) is 110 Å². The number of rotatable bonds is 10. The fraction of sp³-hybridized carbons (Fsp3) is 0.200. The van der Waals surface area contributed by atoms with Crippen molar-refractivity contribution >= 4 is 0 Å². The molecule has 0 heterocycles. The third-order valence-corrected chi connectivity index (χ3v) is 4.71. The standard InChI is InChI=1S/C25H28O2/c1-7-11-19-17-21(13-15-23(19)26-9-3)25(5,6)22-14-16-24(27-10-4)20(18-22)12-8-2/h7-10,13-18H,1-4,11-12H2,5-6H3. The maximum Gasteiger partial charge on any atom is 0.130 e. The zero-order valence-corrected chi connectivity index (χ0v) is 16.3. The SMILES string of the molecule is C=CCc1cc(C(C)(C)c2ccc(OC=C)c(CC=C)c2)ccc1OC=C. The lowest BCUT2D eigenvalue weighted by Crippen LogP contribution is -2.19. The first-order valence-corrected chi connectivity index (χ1v) is 9.01. The van der Waals surface area contributed by atoms with Crippen molar-refractivity contribution in [2.75, 3.05) is 0 Å². The maximum atomic E-state index is 5.54. The van der Waals surface area contributed by atoms with Crippen LogP contribution >= 0.6 is 0 Å². The van der Waals surface area contributed by atoms with E-state index in [1.54, 1.807) is 0 Å². The zero-order chi connectivity index (χ0) is 19.9. The summed E-state index contributed by atoms with van der Waals surface area (Å²) in [5.74, 6) is 1.62. The topological polar surface area (TPSA) is 18.5 Å². The van der Waals surface area contributed by atoms with E-state index in [2.05, 4.69) is 64.4 Å². The summed E-state index contributed by atoms with van der Waals surface area (Å²) in [7, 11) is 0. The molecule has 2 aromatic carbocycles. The maximum absolute atomic E-state index is 5.54. The predicted octanol–water partition coefficient (Wildman–Crippen LogP) is 6.51. The van der Waals surface area contributed by atoms with Gasteiger partial charge in [-0.15, -0.1) is 13.2 Å². The van der Waals surface area contributed by atoms with Crippen LogP contribution in [0.2, 0.25) is 0 Å². The molecule has 0 unspecified atom stereocenters. The molecule has 2 rings (SSSR count). The highest BCUT2D eigenvalue weighted by Gasteiger charge is 2.25. The first-order chi connectivity index (χ1) is 13.0. The van der Waals surface area contributed by atoms with Gasteiger partial charge < -0.3 is 9.47 Å². The third kappa shape index (κ3) is 4.59. The van der Waals surface area contributed by atoms with Crippen LogP contribution < -0.4 is 9.47 Å². The van der Waals surface area contributed by atoms with Crippen LogP contribution in [-0.2, 0) is 18.3 Å². The lowest BCUT2D eigenvalue weighted by atomic mass is 9.77. The molecule has 0 aliphatic carbocycles. The summed E-state index contributed by atoms with van der Waals surface area (Å²) < 4.78 is 11.1. The number of allylic oxidation sites excluding steroid dienone is 2. The van der Waals surface area contributed by atoms with Crippen molar-refractivity contribution in [1.82, 2.24) is 0 Å². The van der Waals surface area contributed by atoms with Crippen molar-refractivity contribution < 1.29 is 9.47 Å². The first kappa shape index (κ1) is 20.3. The van der Waals surface area contributed by atoms with Crippen molar-refractivity contribution in [3.63, 3.8) is 0 Å². The van der Waals surface area contributed by atoms with E-state index in [-0.39, 0.29) is 5.41 Å². The van der Waals surface area contributed by atoms with Crippen LogP contribution in [0.5, 0.6) is 11.5 Å². The molecule has 0 atom stereocenters. The number of hydrogen-bond donors (Lipinski definition) is 0. The summed E-state index contributed by atoms with van der Waals surface area (Å²) in [4.78, 5) is 0. The molecule has 0 N–H and O–H groups in total. The molecule has 0 spiro atoms. The van der Waals surface area contributed by atoms with Gasteiger partial charge in [-0.1, -0.05) is 63.4 Å². The largest absolute Gasteiger partial charge is 0.465 e. The highest BCUT2D eigenvalue weighted by Crippen LogP contribution is 2.36. The predicted molar refractivity (Wildman–Crippen MR) is 114 cm³/mol. The first-order valence-electron chi connectivity index (χ1n) is 9.01. The van der Waals surface area contributed by atoms with E-state index in [9.17, 15) is 0 Å². The van der Waals surface area contributed by atoms with E-state index in [1.165, 1.54) is 23.7 Å². The van der Waals surface area contributed by atoms with Crippen molar-refractivity contribution in [2.24, 2.45) is 0 Å². The van der Waals surface area contributed by atoms with Crippen LogP contribution in [-0.4, -0.2) is 0 Å². The molecule has 0 saturated carbocycles. The Balaban J connectivity index is 2.50. The van der Waals surface area contributed by atoms with Gasteiger partial charge >= 0.3 is 0 Å². The molecule has 0 aromatic heterocycles. The molecule has 0 amide bonds. The van der Waals surface area contributed by atoms with E-state index in [1.807, 2.05) is 24.3 Å². The van der Waals surface area contributed by atoms with Gasteiger partial charge in [0.15, 0.2) is 0 Å². The summed E-state index contributed by atoms with van der Waals surface area (Å²) >= 11 is 0. The Morgan fingerprint density at radius 1 is 0.741 bits per heavy atom. The summed E-state index contributed by atoms with van der Waals surface area (Å²) in [6.07, 6.45) is 8.14. The Hall–Kier alpha value is -3.00. The van der Waals surface area contributed by atoms with Crippen molar-refractivity contribution in [3.8, 4) is 11.5 Å². The lowest BCUT2D eigenvalue weighted by molar-refractivity contribution is 0.476. The number of benzene rings is 2. The smallest absolute Gasteiger partial charge is 0.130 e. The van der Waals surface area contributed by atoms with Gasteiger partial charge in [0.05, 0.1) is 12.5 Å². The molecular weight excluding hydrogens is 332 g/mol. The normalized spacial score (nSPS) is 10.7. The molecule has 0 radical (unpaired) electrons. The minimum absolute atomic E-state index is 0.189. The fourth-order valence-corrected chi connectivity index (χ4v) is 3.14. The van der Waals surface area contributed by atoms with Crippen LogP contribution in [0.1, 0.15) is 36.1 Å². The average Bonchev–Trinajstić information content (AvgIpc) is 2.65. The zero-order valence-electron chi connectivity index (χ0n) is 16.3. The quantitative estimate of drug-likeness (QED) is 0.355. The fourth-order valence-electron chi connectivity index (χ4n) is 3.14. The monoisotopic (exact) mass is 360 g/mol. The molecule has 0 aliphatic rings. The average molecular weight is 360 g/mol. The van der Waals surface area contributed by atoms with Gasteiger partial charge in [-0.05, 0) is 47.2 Å². The lowest BCUT2D eigenvalue weighted by Gasteiger charge is -2.28. The van der Waals surface area contributed by atoms with Crippen LogP contribution in [0.15, 0.2) is 87.4 Å². The molecule has 0 saturated heterocycles. The van der Waals surface area contributed by atoms with Gasteiger partial charge in [-0.2, -0.15) is 0 Å². The molecule has 2 aromatic rings. The minimum Gasteiger partial charge on any atom is -0.465 e. The Morgan fingerprint density at radius 2 is 1.15 bits per heavy atom. The van der Waals surface area contributed by atoms with Crippen LogP contribution in [0, 0.1) is 0 Å². The van der Waals surface area contributed by atoms with E-state index in [0.29, 0.717) is 0 Å². The summed E-state index contributed by atoms with van der Waals surface area (Å²) in [6, 6.07) is 12.6. The van der Waals surface area contributed by atoms with E-state index in [0.717, 1.165) is 35.5 Å². The second kappa shape index (κ2) is 9.09. The molecule has 0 fully saturated rings. The van der Waals surface area contributed by atoms with Gasteiger partial charge in [-0.25, -0.2) is 0 Å². The van der Waals surface area contributed by atoms with Gasteiger partial charge in [0.2, 0.25) is 0 Å². The molecule has 27 heavy (non-hydrogen) atoms. The molecule has 2 nitrogen and oxygen atoms in total. The summed E-state index contributed by atoms with van der Waals surface area (Å²) in [5.41, 5.74) is 4.41. The molecular formula is C25H28O2.